The maximum absolute atomic E-state index is 13.4. The van der Waals surface area contributed by atoms with Crippen molar-refractivity contribution in [3.05, 3.63) is 113 Å². The Hall–Kier alpha value is -3.66. The van der Waals surface area contributed by atoms with Gasteiger partial charge in [0.15, 0.2) is 0 Å². The van der Waals surface area contributed by atoms with Gasteiger partial charge in [0.05, 0.1) is 11.4 Å². The van der Waals surface area contributed by atoms with E-state index in [4.69, 9.17) is 0 Å². The molecule has 4 nitrogen and oxygen atoms in total. The summed E-state index contributed by atoms with van der Waals surface area (Å²) >= 11 is 0. The fourth-order valence-electron chi connectivity index (χ4n) is 4.61. The highest BCUT2D eigenvalue weighted by Crippen LogP contribution is 2.37. The van der Waals surface area contributed by atoms with E-state index in [2.05, 4.69) is 96.2 Å². The predicted molar refractivity (Wildman–Crippen MR) is 128 cm³/mol. The fraction of sp³-hybridized carbons (Fsp3) is 0.214. The summed E-state index contributed by atoms with van der Waals surface area (Å²) in [6, 6.07) is 26.9. The minimum Gasteiger partial charge on any atom is -0.299 e. The van der Waals surface area contributed by atoms with Gasteiger partial charge in [-0.05, 0) is 43.2 Å². The number of hydrogen-bond donors (Lipinski definition) is 3. The van der Waals surface area contributed by atoms with Gasteiger partial charge in [0.25, 0.3) is 0 Å². The van der Waals surface area contributed by atoms with Crippen LogP contribution < -0.4 is 15.6 Å². The quantitative estimate of drug-likeness (QED) is 0.603. The van der Waals surface area contributed by atoms with Crippen molar-refractivity contribution in [3.8, 4) is 0 Å². The monoisotopic (exact) mass is 422 g/mol. The van der Waals surface area contributed by atoms with Crippen LogP contribution in [0.2, 0.25) is 0 Å². The number of anilines is 1. The molecule has 3 N–H and O–H groups in total. The highest BCUT2D eigenvalue weighted by atomic mass is 16.1. The Bertz CT molecular complexity index is 1180. The minimum absolute atomic E-state index is 0.0806. The average molecular weight is 423 g/mol. The third-order valence-corrected chi connectivity index (χ3v) is 6.37. The van der Waals surface area contributed by atoms with Gasteiger partial charge in [0, 0.05) is 12.3 Å². The second-order valence-electron chi connectivity index (χ2n) is 8.81. The zero-order chi connectivity index (χ0) is 22.1. The number of aryl methyl sites for hydroxylation is 2. The molecule has 2 aliphatic rings. The molecule has 0 aromatic heterocycles. The van der Waals surface area contributed by atoms with Crippen molar-refractivity contribution >= 4 is 17.4 Å². The number of carbonyl (C=O) groups excluding carboxylic acids is 1. The van der Waals surface area contributed by atoms with Crippen molar-refractivity contribution in [3.63, 3.8) is 0 Å². The molecule has 3 aromatic rings. The van der Waals surface area contributed by atoms with E-state index in [1.54, 1.807) is 0 Å². The van der Waals surface area contributed by atoms with E-state index in [-0.39, 0.29) is 23.7 Å². The second kappa shape index (κ2) is 8.46. The van der Waals surface area contributed by atoms with Crippen molar-refractivity contribution in [2.45, 2.75) is 32.2 Å². The van der Waals surface area contributed by atoms with Crippen LogP contribution in [0.25, 0.3) is 0 Å². The van der Waals surface area contributed by atoms with Crippen molar-refractivity contribution < 1.29 is 9.79 Å². The first kappa shape index (κ1) is 20.3. The maximum atomic E-state index is 13.4. The largest absolute Gasteiger partial charge is 0.353 e. The molecule has 3 aromatic carbocycles. The van der Waals surface area contributed by atoms with Gasteiger partial charge < -0.3 is 0 Å². The highest BCUT2D eigenvalue weighted by Gasteiger charge is 2.43. The predicted octanol–water partition coefficient (Wildman–Crippen LogP) is 3.75. The van der Waals surface area contributed by atoms with Crippen LogP contribution in [0.1, 0.15) is 40.6 Å². The molecular weight excluding hydrogens is 394 g/mol. The summed E-state index contributed by atoms with van der Waals surface area (Å²) in [5, 5.41) is 6.95. The molecule has 1 aliphatic carbocycles. The lowest BCUT2D eigenvalue weighted by molar-refractivity contribution is -0.522. The van der Waals surface area contributed by atoms with Crippen LogP contribution in [0, 0.1) is 19.8 Å². The SMILES string of the molecule is Cc1ccc(NC2=[NH+][C@H](c3ccccc3)[C@H]3C(=O)C[C@@H](c4ccc(C)cc4)C=C3N2)cc1. The summed E-state index contributed by atoms with van der Waals surface area (Å²) in [7, 11) is 0. The van der Waals surface area contributed by atoms with Crippen LogP contribution in [0.15, 0.2) is 90.6 Å². The maximum Gasteiger partial charge on any atom is 0.353 e. The van der Waals surface area contributed by atoms with Crippen molar-refractivity contribution in [1.29, 1.82) is 0 Å². The average Bonchev–Trinajstić information content (AvgIpc) is 2.81. The zero-order valence-electron chi connectivity index (χ0n) is 18.4. The first-order valence-corrected chi connectivity index (χ1v) is 11.2. The van der Waals surface area contributed by atoms with Crippen molar-refractivity contribution in [1.82, 2.24) is 5.32 Å². The first-order chi connectivity index (χ1) is 15.6. The van der Waals surface area contributed by atoms with Gasteiger partial charge in [-0.25, -0.2) is 10.6 Å². The molecule has 0 fully saturated rings. The van der Waals surface area contributed by atoms with Crippen LogP contribution in [0.5, 0.6) is 0 Å². The zero-order valence-corrected chi connectivity index (χ0v) is 18.4. The van der Waals surface area contributed by atoms with Crippen LogP contribution in [-0.2, 0) is 4.79 Å². The van der Waals surface area contributed by atoms with Gasteiger partial charge in [-0.1, -0.05) is 77.9 Å². The highest BCUT2D eigenvalue weighted by molar-refractivity contribution is 5.94. The molecule has 160 valence electrons. The number of rotatable bonds is 3. The van der Waals surface area contributed by atoms with Gasteiger partial charge in [0.2, 0.25) is 0 Å². The number of fused-ring (bicyclic) bond motifs is 1. The molecule has 0 saturated carbocycles. The Kier molecular flexibility index (Phi) is 5.36. The van der Waals surface area contributed by atoms with Crippen LogP contribution >= 0.6 is 0 Å². The number of ketones is 1. The van der Waals surface area contributed by atoms with Crippen molar-refractivity contribution in [2.24, 2.45) is 5.92 Å². The van der Waals surface area contributed by atoms with Gasteiger partial charge in [-0.15, -0.1) is 0 Å². The van der Waals surface area contributed by atoms with E-state index in [1.807, 2.05) is 18.2 Å². The van der Waals surface area contributed by atoms with E-state index < -0.39 is 0 Å². The van der Waals surface area contributed by atoms with Gasteiger partial charge >= 0.3 is 5.96 Å². The number of nitrogens with one attached hydrogen (secondary N) is 3. The molecule has 4 heteroatoms. The Morgan fingerprint density at radius 3 is 2.19 bits per heavy atom. The molecule has 0 radical (unpaired) electrons. The third kappa shape index (κ3) is 4.09. The van der Waals surface area contributed by atoms with E-state index >= 15 is 0 Å². The fourth-order valence-corrected chi connectivity index (χ4v) is 4.61. The smallest absolute Gasteiger partial charge is 0.299 e. The van der Waals surface area contributed by atoms with E-state index in [0.717, 1.165) is 22.9 Å². The molecule has 0 unspecified atom stereocenters. The van der Waals surface area contributed by atoms with Crippen LogP contribution in [-0.4, -0.2) is 11.7 Å². The Morgan fingerprint density at radius 2 is 1.50 bits per heavy atom. The molecule has 0 saturated heterocycles. The summed E-state index contributed by atoms with van der Waals surface area (Å²) in [6.07, 6.45) is 2.76. The third-order valence-electron chi connectivity index (χ3n) is 6.37. The number of benzene rings is 3. The number of allylic oxidation sites excluding steroid dienone is 1. The lowest BCUT2D eigenvalue weighted by Crippen LogP contribution is -2.84. The minimum atomic E-state index is -0.234. The summed E-state index contributed by atoms with van der Waals surface area (Å²) in [5.41, 5.74) is 6.69. The molecule has 0 bridgehead atoms. The molecule has 0 spiro atoms. The normalized spacial score (nSPS) is 22.3. The number of guanidine groups is 1. The number of carbonyl (C=O) groups is 1. The molecule has 5 rings (SSSR count). The summed E-state index contributed by atoms with van der Waals surface area (Å²) < 4.78 is 0. The molecule has 32 heavy (non-hydrogen) atoms. The number of Topliss-reactive ketones (excluding diaryl/α,β-unsaturated/α-hetero) is 1. The summed E-state index contributed by atoms with van der Waals surface area (Å²) in [5.74, 6) is 0.901. The summed E-state index contributed by atoms with van der Waals surface area (Å²) in [4.78, 5) is 17.0. The Labute approximate surface area is 189 Å². The standard InChI is InChI=1S/C28H27N3O/c1-18-8-12-20(13-9-18)22-16-24-26(25(32)17-22)27(21-6-4-3-5-7-21)31-28(30-24)29-23-14-10-19(2)11-15-23/h3-16,22,26-27H,17H2,1-2H3,(H2,29,30,31)/p+1/t22-,26+,27+/m0/s1. The Morgan fingerprint density at radius 1 is 0.844 bits per heavy atom. The lowest BCUT2D eigenvalue weighted by atomic mass is 9.76. The topological polar surface area (TPSA) is 55.1 Å². The molecule has 1 aliphatic heterocycles. The molecule has 0 amide bonds. The lowest BCUT2D eigenvalue weighted by Gasteiger charge is -2.33. The van der Waals surface area contributed by atoms with Crippen LogP contribution in [0.4, 0.5) is 5.69 Å². The van der Waals surface area contributed by atoms with Crippen molar-refractivity contribution in [2.75, 3.05) is 5.32 Å². The molecular formula is C28H28N3O+. The number of hydrogen-bond acceptors (Lipinski definition) is 3. The van der Waals surface area contributed by atoms with Gasteiger partial charge in [-0.3, -0.25) is 9.79 Å². The first-order valence-electron chi connectivity index (χ1n) is 11.2. The van der Waals surface area contributed by atoms with E-state index in [1.165, 1.54) is 16.7 Å². The van der Waals surface area contributed by atoms with Gasteiger partial charge in [0.1, 0.15) is 17.7 Å². The second-order valence-corrected chi connectivity index (χ2v) is 8.81. The molecule has 1 heterocycles. The molecule has 3 atom stereocenters. The summed E-state index contributed by atoms with van der Waals surface area (Å²) in [6.45, 7) is 4.16. The van der Waals surface area contributed by atoms with Gasteiger partial charge in [-0.2, -0.15) is 0 Å². The van der Waals surface area contributed by atoms with Crippen LogP contribution in [0.3, 0.4) is 0 Å². The Balaban J connectivity index is 1.53. The van der Waals surface area contributed by atoms with E-state index in [9.17, 15) is 4.79 Å². The van der Waals surface area contributed by atoms with E-state index in [0.29, 0.717) is 6.42 Å².